The summed E-state index contributed by atoms with van der Waals surface area (Å²) in [7, 11) is -1.99. The minimum atomic E-state index is -3.72. The zero-order valence-corrected chi connectivity index (χ0v) is 14.1. The summed E-state index contributed by atoms with van der Waals surface area (Å²) in [5, 5.41) is 2.89. The van der Waals surface area contributed by atoms with Crippen molar-refractivity contribution in [1.82, 2.24) is 10.0 Å². The standard InChI is InChI=1S/C15H25FN2O2S/c1-10(2)6-11(3)18-21(19,20)15-8-13(9-17-5)7-14(16)12(15)4/h7-8,10-11,17-18H,6,9H2,1-5H3. The van der Waals surface area contributed by atoms with Crippen LogP contribution in [-0.2, 0) is 16.6 Å². The Morgan fingerprint density at radius 3 is 2.38 bits per heavy atom. The molecule has 0 heterocycles. The maximum atomic E-state index is 13.9. The van der Waals surface area contributed by atoms with Gasteiger partial charge in [0.15, 0.2) is 0 Å². The molecular weight excluding hydrogens is 291 g/mol. The Morgan fingerprint density at radius 1 is 1.24 bits per heavy atom. The summed E-state index contributed by atoms with van der Waals surface area (Å²) in [6.45, 7) is 7.79. The van der Waals surface area contributed by atoms with E-state index in [1.807, 2.05) is 20.8 Å². The van der Waals surface area contributed by atoms with Crippen molar-refractivity contribution in [2.45, 2.75) is 51.6 Å². The number of rotatable bonds is 7. The first-order valence-corrected chi connectivity index (χ1v) is 8.61. The molecule has 0 spiro atoms. The van der Waals surface area contributed by atoms with Gasteiger partial charge in [-0.2, -0.15) is 0 Å². The fourth-order valence-electron chi connectivity index (χ4n) is 2.38. The molecule has 4 nitrogen and oxygen atoms in total. The Labute approximate surface area is 127 Å². The van der Waals surface area contributed by atoms with E-state index in [0.717, 1.165) is 6.42 Å². The Kier molecular flexibility index (Phi) is 6.31. The van der Waals surface area contributed by atoms with E-state index in [2.05, 4.69) is 10.0 Å². The molecule has 21 heavy (non-hydrogen) atoms. The Morgan fingerprint density at radius 2 is 1.86 bits per heavy atom. The monoisotopic (exact) mass is 316 g/mol. The molecule has 1 atom stereocenters. The number of sulfonamides is 1. The minimum absolute atomic E-state index is 0.0170. The quantitative estimate of drug-likeness (QED) is 0.813. The van der Waals surface area contributed by atoms with Gasteiger partial charge in [0.25, 0.3) is 0 Å². The fourth-order valence-corrected chi connectivity index (χ4v) is 3.94. The lowest BCUT2D eigenvalue weighted by atomic mass is 10.1. The van der Waals surface area contributed by atoms with E-state index in [0.29, 0.717) is 18.0 Å². The average molecular weight is 316 g/mol. The van der Waals surface area contributed by atoms with Crippen LogP contribution in [0.5, 0.6) is 0 Å². The fraction of sp³-hybridized carbons (Fsp3) is 0.600. The maximum absolute atomic E-state index is 13.9. The lowest BCUT2D eigenvalue weighted by Crippen LogP contribution is -2.34. The lowest BCUT2D eigenvalue weighted by Gasteiger charge is -2.18. The predicted octanol–water partition coefficient (Wildman–Crippen LogP) is 2.57. The van der Waals surface area contributed by atoms with Crippen LogP contribution in [0.4, 0.5) is 4.39 Å². The van der Waals surface area contributed by atoms with E-state index in [4.69, 9.17) is 0 Å². The summed E-state index contributed by atoms with van der Waals surface area (Å²) in [5.74, 6) is -0.115. The Bertz CT molecular complexity index is 586. The van der Waals surface area contributed by atoms with Crippen molar-refractivity contribution in [1.29, 1.82) is 0 Å². The smallest absolute Gasteiger partial charge is 0.241 e. The third-order valence-electron chi connectivity index (χ3n) is 3.21. The third kappa shape index (κ3) is 5.05. The van der Waals surface area contributed by atoms with Crippen LogP contribution in [0.2, 0.25) is 0 Å². The van der Waals surface area contributed by atoms with Gasteiger partial charge in [0.2, 0.25) is 10.0 Å². The Hall–Kier alpha value is -0.980. The van der Waals surface area contributed by atoms with Gasteiger partial charge in [0, 0.05) is 18.2 Å². The van der Waals surface area contributed by atoms with Crippen molar-refractivity contribution in [2.75, 3.05) is 7.05 Å². The topological polar surface area (TPSA) is 58.2 Å². The van der Waals surface area contributed by atoms with Gasteiger partial charge >= 0.3 is 0 Å². The lowest BCUT2D eigenvalue weighted by molar-refractivity contribution is 0.482. The molecule has 1 unspecified atom stereocenters. The van der Waals surface area contributed by atoms with Crippen LogP contribution in [0.25, 0.3) is 0 Å². The molecule has 0 aromatic heterocycles. The summed E-state index contributed by atoms with van der Waals surface area (Å²) < 4.78 is 41.5. The molecule has 0 amide bonds. The molecule has 120 valence electrons. The molecule has 2 N–H and O–H groups in total. The van der Waals surface area contributed by atoms with Crippen LogP contribution in [0.1, 0.15) is 38.3 Å². The molecule has 0 aliphatic heterocycles. The summed E-state index contributed by atoms with van der Waals surface area (Å²) in [5.41, 5.74) is 0.761. The van der Waals surface area contributed by atoms with Gasteiger partial charge < -0.3 is 5.32 Å². The van der Waals surface area contributed by atoms with Crippen molar-refractivity contribution >= 4 is 10.0 Å². The molecule has 0 fully saturated rings. The molecule has 1 aromatic rings. The highest BCUT2D eigenvalue weighted by Gasteiger charge is 2.22. The number of nitrogens with one attached hydrogen (secondary N) is 2. The van der Waals surface area contributed by atoms with Crippen LogP contribution in [0.15, 0.2) is 17.0 Å². The van der Waals surface area contributed by atoms with Crippen molar-refractivity contribution in [3.05, 3.63) is 29.1 Å². The molecule has 0 aliphatic rings. The highest BCUT2D eigenvalue weighted by molar-refractivity contribution is 7.89. The summed E-state index contributed by atoms with van der Waals surface area (Å²) in [6, 6.07) is 2.70. The molecule has 1 aromatic carbocycles. The largest absolute Gasteiger partial charge is 0.316 e. The summed E-state index contributed by atoms with van der Waals surface area (Å²) in [6.07, 6.45) is 0.733. The third-order valence-corrected chi connectivity index (χ3v) is 4.92. The number of benzene rings is 1. The van der Waals surface area contributed by atoms with Gasteiger partial charge in [0.1, 0.15) is 5.82 Å². The van der Waals surface area contributed by atoms with Gasteiger partial charge in [0.05, 0.1) is 4.90 Å². The van der Waals surface area contributed by atoms with Gasteiger partial charge in [-0.1, -0.05) is 13.8 Å². The number of hydrogen-bond acceptors (Lipinski definition) is 3. The minimum Gasteiger partial charge on any atom is -0.316 e. The van der Waals surface area contributed by atoms with Crippen LogP contribution in [0.3, 0.4) is 0 Å². The Balaban J connectivity index is 3.12. The molecule has 0 saturated heterocycles. The summed E-state index contributed by atoms with van der Waals surface area (Å²) >= 11 is 0. The zero-order chi connectivity index (χ0) is 16.2. The first kappa shape index (κ1) is 18.1. The van der Waals surface area contributed by atoms with Crippen molar-refractivity contribution in [3.63, 3.8) is 0 Å². The van der Waals surface area contributed by atoms with E-state index >= 15 is 0 Å². The maximum Gasteiger partial charge on any atom is 0.241 e. The molecule has 6 heteroatoms. The zero-order valence-electron chi connectivity index (χ0n) is 13.3. The number of halogens is 1. The van der Waals surface area contributed by atoms with Crippen LogP contribution in [-0.4, -0.2) is 21.5 Å². The summed E-state index contributed by atoms with van der Waals surface area (Å²) in [4.78, 5) is 0.0170. The van der Waals surface area contributed by atoms with Crippen LogP contribution in [0, 0.1) is 18.7 Å². The molecule has 0 aliphatic carbocycles. The highest BCUT2D eigenvalue weighted by Crippen LogP contribution is 2.21. The molecule has 0 bridgehead atoms. The van der Waals surface area contributed by atoms with Crippen molar-refractivity contribution in [3.8, 4) is 0 Å². The van der Waals surface area contributed by atoms with Crippen LogP contribution >= 0.6 is 0 Å². The van der Waals surface area contributed by atoms with E-state index in [1.165, 1.54) is 19.1 Å². The van der Waals surface area contributed by atoms with Gasteiger partial charge in [-0.15, -0.1) is 0 Å². The molecule has 0 saturated carbocycles. The SMILES string of the molecule is CNCc1cc(F)c(C)c(S(=O)(=O)NC(C)CC(C)C)c1. The first-order chi connectivity index (χ1) is 9.67. The second kappa shape index (κ2) is 7.33. The van der Waals surface area contributed by atoms with Crippen molar-refractivity contribution < 1.29 is 12.8 Å². The van der Waals surface area contributed by atoms with E-state index in [1.54, 1.807) is 7.05 Å². The molecular formula is C15H25FN2O2S. The number of hydrogen-bond donors (Lipinski definition) is 2. The normalized spacial score (nSPS) is 13.7. The van der Waals surface area contributed by atoms with Gasteiger partial charge in [-0.05, 0) is 50.9 Å². The second-order valence-corrected chi connectivity index (χ2v) is 7.57. The molecule has 0 radical (unpaired) electrons. The molecule has 1 rings (SSSR count). The van der Waals surface area contributed by atoms with Gasteiger partial charge in [-0.25, -0.2) is 17.5 Å². The predicted molar refractivity (Wildman–Crippen MR) is 83.1 cm³/mol. The van der Waals surface area contributed by atoms with E-state index in [-0.39, 0.29) is 16.5 Å². The van der Waals surface area contributed by atoms with E-state index < -0.39 is 15.8 Å². The van der Waals surface area contributed by atoms with Crippen LogP contribution < -0.4 is 10.0 Å². The average Bonchev–Trinajstić information content (AvgIpc) is 2.31. The highest BCUT2D eigenvalue weighted by atomic mass is 32.2. The first-order valence-electron chi connectivity index (χ1n) is 7.13. The second-order valence-electron chi connectivity index (χ2n) is 5.88. The van der Waals surface area contributed by atoms with Crippen molar-refractivity contribution in [2.24, 2.45) is 5.92 Å². The van der Waals surface area contributed by atoms with Gasteiger partial charge in [-0.3, -0.25) is 0 Å². The van der Waals surface area contributed by atoms with E-state index in [9.17, 15) is 12.8 Å².